The molecule has 0 amide bonds. The second kappa shape index (κ2) is 2.85. The van der Waals surface area contributed by atoms with E-state index in [0.717, 1.165) is 0 Å². The van der Waals surface area contributed by atoms with E-state index in [2.05, 4.69) is 40.4 Å². The molecule has 0 fully saturated rings. The van der Waals surface area contributed by atoms with Gasteiger partial charge in [0.1, 0.15) is 0 Å². The summed E-state index contributed by atoms with van der Waals surface area (Å²) < 4.78 is 1.55. The normalized spacial score (nSPS) is 18.6. The van der Waals surface area contributed by atoms with Crippen LogP contribution >= 0.6 is 0 Å². The van der Waals surface area contributed by atoms with E-state index in [9.17, 15) is 0 Å². The SMILES string of the molecule is CCC1=CC(C)=[C]([Ti])C1. The van der Waals surface area contributed by atoms with Gasteiger partial charge in [-0.3, -0.25) is 0 Å². The van der Waals surface area contributed by atoms with E-state index < -0.39 is 0 Å². The molecule has 1 aliphatic carbocycles. The van der Waals surface area contributed by atoms with Crippen LogP contribution in [-0.4, -0.2) is 0 Å². The van der Waals surface area contributed by atoms with Crippen LogP contribution in [0.1, 0.15) is 26.7 Å². The molecular formula is C8H11Ti. The fourth-order valence-electron chi connectivity index (χ4n) is 1.04. The Hall–Kier alpha value is 0.194. The quantitative estimate of drug-likeness (QED) is 0.510. The van der Waals surface area contributed by atoms with Crippen LogP contribution in [0, 0.1) is 0 Å². The van der Waals surface area contributed by atoms with Crippen LogP contribution in [-0.2, 0) is 20.4 Å². The van der Waals surface area contributed by atoms with Crippen molar-refractivity contribution in [2.24, 2.45) is 0 Å². The van der Waals surface area contributed by atoms with E-state index in [1.807, 2.05) is 0 Å². The molecule has 0 aromatic carbocycles. The molecule has 0 saturated carbocycles. The minimum absolute atomic E-state index is 1.22. The van der Waals surface area contributed by atoms with Gasteiger partial charge in [-0.25, -0.2) is 0 Å². The van der Waals surface area contributed by atoms with Crippen molar-refractivity contribution in [3.05, 3.63) is 21.1 Å². The van der Waals surface area contributed by atoms with Gasteiger partial charge in [0.2, 0.25) is 0 Å². The van der Waals surface area contributed by atoms with Crippen molar-refractivity contribution >= 4 is 0 Å². The van der Waals surface area contributed by atoms with Crippen molar-refractivity contribution in [2.45, 2.75) is 26.7 Å². The molecular weight excluding hydrogens is 144 g/mol. The van der Waals surface area contributed by atoms with Crippen molar-refractivity contribution in [2.75, 3.05) is 0 Å². The van der Waals surface area contributed by atoms with Crippen LogP contribution < -0.4 is 0 Å². The molecule has 9 heavy (non-hydrogen) atoms. The van der Waals surface area contributed by atoms with Gasteiger partial charge < -0.3 is 0 Å². The molecule has 0 saturated heterocycles. The summed E-state index contributed by atoms with van der Waals surface area (Å²) in [6, 6.07) is 0. The Labute approximate surface area is 68.4 Å². The molecule has 0 aromatic heterocycles. The van der Waals surface area contributed by atoms with E-state index in [-0.39, 0.29) is 0 Å². The molecule has 0 bridgehead atoms. The van der Waals surface area contributed by atoms with Crippen LogP contribution in [0.5, 0.6) is 0 Å². The van der Waals surface area contributed by atoms with Gasteiger partial charge in [-0.15, -0.1) is 0 Å². The molecule has 1 aliphatic rings. The molecule has 0 nitrogen and oxygen atoms in total. The summed E-state index contributed by atoms with van der Waals surface area (Å²) in [6.07, 6.45) is 4.76. The van der Waals surface area contributed by atoms with Crippen LogP contribution in [0.15, 0.2) is 21.1 Å². The van der Waals surface area contributed by atoms with Crippen molar-refractivity contribution in [3.8, 4) is 0 Å². The molecule has 47 valence electrons. The maximum absolute atomic E-state index is 2.31. The van der Waals surface area contributed by atoms with Crippen molar-refractivity contribution < 1.29 is 20.4 Å². The minimum atomic E-state index is 1.22. The fraction of sp³-hybridized carbons (Fsp3) is 0.500. The van der Waals surface area contributed by atoms with E-state index in [1.165, 1.54) is 18.4 Å². The monoisotopic (exact) mass is 155 g/mol. The first-order valence-corrected chi connectivity index (χ1v) is 4.13. The van der Waals surface area contributed by atoms with Crippen molar-refractivity contribution in [3.63, 3.8) is 0 Å². The average molecular weight is 155 g/mol. The third kappa shape index (κ3) is 1.56. The average Bonchev–Trinajstić information content (AvgIpc) is 2.13. The Balaban J connectivity index is 2.67. The van der Waals surface area contributed by atoms with Crippen molar-refractivity contribution in [1.29, 1.82) is 0 Å². The van der Waals surface area contributed by atoms with Gasteiger partial charge in [0.15, 0.2) is 0 Å². The molecule has 1 rings (SSSR count). The molecule has 0 atom stereocenters. The molecule has 0 spiro atoms. The van der Waals surface area contributed by atoms with Crippen molar-refractivity contribution in [1.82, 2.24) is 0 Å². The zero-order valence-corrected chi connectivity index (χ0v) is 7.55. The fourth-order valence-corrected chi connectivity index (χ4v) is 1.51. The van der Waals surface area contributed by atoms with Gasteiger partial charge in [0.05, 0.1) is 0 Å². The third-order valence-corrected chi connectivity index (χ3v) is 2.65. The summed E-state index contributed by atoms with van der Waals surface area (Å²) in [5.41, 5.74) is 3.07. The van der Waals surface area contributed by atoms with Gasteiger partial charge >= 0.3 is 68.2 Å². The van der Waals surface area contributed by atoms with Gasteiger partial charge in [-0.2, -0.15) is 0 Å². The Kier molecular flexibility index (Phi) is 2.31. The van der Waals surface area contributed by atoms with Gasteiger partial charge in [-0.1, -0.05) is 0 Å². The van der Waals surface area contributed by atoms with E-state index in [4.69, 9.17) is 0 Å². The zero-order valence-electron chi connectivity index (χ0n) is 5.99. The second-order valence-electron chi connectivity index (χ2n) is 2.49. The first-order chi connectivity index (χ1) is 4.24. The molecule has 1 heteroatoms. The van der Waals surface area contributed by atoms with E-state index in [0.29, 0.717) is 0 Å². The number of allylic oxidation sites excluding steroid dienone is 4. The summed E-state index contributed by atoms with van der Waals surface area (Å²) >= 11 is 2.22. The molecule has 0 aromatic rings. The van der Waals surface area contributed by atoms with Crippen LogP contribution in [0.4, 0.5) is 0 Å². The molecule has 0 aliphatic heterocycles. The summed E-state index contributed by atoms with van der Waals surface area (Å²) in [5.74, 6) is 0. The molecule has 0 heterocycles. The van der Waals surface area contributed by atoms with Gasteiger partial charge in [-0.05, 0) is 0 Å². The Morgan fingerprint density at radius 3 is 2.56 bits per heavy atom. The summed E-state index contributed by atoms with van der Waals surface area (Å²) in [4.78, 5) is 0. The number of hydrogen-bond donors (Lipinski definition) is 0. The molecule has 0 radical (unpaired) electrons. The molecule has 0 unspecified atom stereocenters. The number of rotatable bonds is 1. The standard InChI is InChI=1S/C8H11.Ti/c1-3-8-5-4-7(2)6-8;/h6H,3,5H2,1-2H3;. The van der Waals surface area contributed by atoms with Crippen LogP contribution in [0.2, 0.25) is 0 Å². The summed E-state index contributed by atoms with van der Waals surface area (Å²) in [7, 11) is 0. The van der Waals surface area contributed by atoms with E-state index >= 15 is 0 Å². The summed E-state index contributed by atoms with van der Waals surface area (Å²) in [5, 5.41) is 0. The zero-order chi connectivity index (χ0) is 6.85. The Morgan fingerprint density at radius 2 is 2.33 bits per heavy atom. The summed E-state index contributed by atoms with van der Waals surface area (Å²) in [6.45, 7) is 4.41. The van der Waals surface area contributed by atoms with Crippen LogP contribution in [0.25, 0.3) is 0 Å². The van der Waals surface area contributed by atoms with Crippen LogP contribution in [0.3, 0.4) is 0 Å². The predicted molar refractivity (Wildman–Crippen MR) is 35.7 cm³/mol. The third-order valence-electron chi connectivity index (χ3n) is 1.75. The second-order valence-corrected chi connectivity index (χ2v) is 3.44. The molecule has 0 N–H and O–H groups in total. The first-order valence-electron chi connectivity index (χ1n) is 3.35. The maximum atomic E-state index is 2.31. The Morgan fingerprint density at radius 1 is 1.67 bits per heavy atom. The topological polar surface area (TPSA) is 0 Å². The predicted octanol–water partition coefficient (Wildman–Crippen LogP) is 2.55. The number of hydrogen-bond acceptors (Lipinski definition) is 0. The first kappa shape index (κ1) is 7.30. The van der Waals surface area contributed by atoms with E-state index in [1.54, 1.807) is 9.45 Å². The van der Waals surface area contributed by atoms with Gasteiger partial charge in [0.25, 0.3) is 0 Å². The van der Waals surface area contributed by atoms with Gasteiger partial charge in [0, 0.05) is 0 Å². The Bertz CT molecular complexity index is 175.